The summed E-state index contributed by atoms with van der Waals surface area (Å²) < 4.78 is 27.0. The van der Waals surface area contributed by atoms with Crippen LogP contribution in [0.15, 0.2) is 34.5 Å². The number of thiazole rings is 1. The van der Waals surface area contributed by atoms with Gasteiger partial charge < -0.3 is 0 Å². The van der Waals surface area contributed by atoms with E-state index in [2.05, 4.69) is 9.71 Å². The van der Waals surface area contributed by atoms with Crippen LogP contribution in [0.5, 0.6) is 0 Å². The van der Waals surface area contributed by atoms with Gasteiger partial charge in [0.2, 0.25) is 10.0 Å². The van der Waals surface area contributed by atoms with Crippen LogP contribution in [0.1, 0.15) is 34.4 Å². The van der Waals surface area contributed by atoms with E-state index in [1.807, 2.05) is 12.3 Å². The minimum Gasteiger partial charge on any atom is -0.294 e. The van der Waals surface area contributed by atoms with E-state index in [4.69, 9.17) is 0 Å². The van der Waals surface area contributed by atoms with Crippen molar-refractivity contribution in [1.29, 1.82) is 0 Å². The average Bonchev–Trinajstić information content (AvgIpc) is 2.90. The van der Waals surface area contributed by atoms with Gasteiger partial charge in [-0.15, -0.1) is 11.3 Å². The quantitative estimate of drug-likeness (QED) is 0.828. The van der Waals surface area contributed by atoms with Crippen molar-refractivity contribution >= 4 is 27.1 Å². The molecule has 7 heteroatoms. The molecule has 2 aromatic rings. The minimum atomic E-state index is -3.65. The van der Waals surface area contributed by atoms with E-state index in [9.17, 15) is 13.2 Å². The molecule has 5 nitrogen and oxygen atoms in total. The summed E-state index contributed by atoms with van der Waals surface area (Å²) in [5, 5.41) is 2.57. The fraction of sp³-hybridized carbons (Fsp3) is 0.286. The Hall–Kier alpha value is -1.57. The standard InChI is InChI=1S/C14H16N2O3S2/c1-3-13(17)11-5-4-6-12(7-11)21(18,19)15-8-14-16-10(2)9-20-14/h4-7,9,15H,3,8H2,1-2H3. The summed E-state index contributed by atoms with van der Waals surface area (Å²) in [6.07, 6.45) is 0.343. The SMILES string of the molecule is CCC(=O)c1cccc(S(=O)(=O)NCc2nc(C)cs2)c1. The maximum Gasteiger partial charge on any atom is 0.240 e. The second kappa shape index (κ2) is 6.46. The Balaban J connectivity index is 2.17. The highest BCUT2D eigenvalue weighted by molar-refractivity contribution is 7.89. The molecular formula is C14H16N2O3S2. The summed E-state index contributed by atoms with van der Waals surface area (Å²) in [5.74, 6) is -0.0809. The van der Waals surface area contributed by atoms with Crippen LogP contribution < -0.4 is 4.72 Å². The number of hydrogen-bond acceptors (Lipinski definition) is 5. The maximum absolute atomic E-state index is 12.2. The highest BCUT2D eigenvalue weighted by Crippen LogP contribution is 2.14. The summed E-state index contributed by atoms with van der Waals surface area (Å²) in [4.78, 5) is 15.9. The number of nitrogens with zero attached hydrogens (tertiary/aromatic N) is 1. The van der Waals surface area contributed by atoms with Gasteiger partial charge in [-0.1, -0.05) is 19.1 Å². The molecule has 0 unspecified atom stereocenters. The van der Waals surface area contributed by atoms with E-state index >= 15 is 0 Å². The first kappa shape index (κ1) is 15.8. The van der Waals surface area contributed by atoms with Crippen LogP contribution >= 0.6 is 11.3 Å². The number of ketones is 1. The number of benzene rings is 1. The third-order valence-electron chi connectivity index (χ3n) is 2.87. The number of carbonyl (C=O) groups is 1. The zero-order valence-electron chi connectivity index (χ0n) is 11.8. The van der Waals surface area contributed by atoms with Gasteiger partial charge in [-0.2, -0.15) is 0 Å². The maximum atomic E-state index is 12.2. The Labute approximate surface area is 128 Å². The summed E-state index contributed by atoms with van der Waals surface area (Å²) >= 11 is 1.40. The van der Waals surface area contributed by atoms with Crippen LogP contribution in [-0.2, 0) is 16.6 Å². The number of sulfonamides is 1. The largest absolute Gasteiger partial charge is 0.294 e. The van der Waals surface area contributed by atoms with E-state index < -0.39 is 10.0 Å². The molecule has 0 saturated carbocycles. The lowest BCUT2D eigenvalue weighted by Gasteiger charge is -2.06. The summed E-state index contributed by atoms with van der Waals surface area (Å²) in [6.45, 7) is 3.74. The van der Waals surface area contributed by atoms with Crippen LogP contribution in [0.25, 0.3) is 0 Å². The summed E-state index contributed by atoms with van der Waals surface area (Å²) in [7, 11) is -3.65. The zero-order chi connectivity index (χ0) is 15.5. The molecule has 0 amide bonds. The van der Waals surface area contributed by atoms with Crippen LogP contribution in [0.4, 0.5) is 0 Å². The van der Waals surface area contributed by atoms with Gasteiger partial charge in [-0.05, 0) is 19.1 Å². The first-order valence-electron chi connectivity index (χ1n) is 6.46. The van der Waals surface area contributed by atoms with Gasteiger partial charge in [-0.25, -0.2) is 18.1 Å². The van der Waals surface area contributed by atoms with E-state index in [1.54, 1.807) is 19.1 Å². The van der Waals surface area contributed by atoms with E-state index in [0.717, 1.165) is 5.69 Å². The van der Waals surface area contributed by atoms with Crippen molar-refractivity contribution in [2.45, 2.75) is 31.7 Å². The molecular weight excluding hydrogens is 308 g/mol. The Kier molecular flexibility index (Phi) is 4.87. The second-order valence-corrected chi connectivity index (χ2v) is 7.22. The second-order valence-electron chi connectivity index (χ2n) is 4.51. The van der Waals surface area contributed by atoms with Gasteiger partial charge in [0, 0.05) is 23.1 Å². The molecule has 0 radical (unpaired) electrons. The lowest BCUT2D eigenvalue weighted by atomic mass is 10.1. The van der Waals surface area contributed by atoms with Gasteiger partial charge in [-0.3, -0.25) is 4.79 Å². The van der Waals surface area contributed by atoms with Crippen molar-refractivity contribution < 1.29 is 13.2 Å². The fourth-order valence-corrected chi connectivity index (χ4v) is 3.60. The first-order valence-corrected chi connectivity index (χ1v) is 8.82. The van der Waals surface area contributed by atoms with Crippen molar-refractivity contribution in [2.24, 2.45) is 0 Å². The van der Waals surface area contributed by atoms with Crippen molar-refractivity contribution in [1.82, 2.24) is 9.71 Å². The van der Waals surface area contributed by atoms with E-state index in [-0.39, 0.29) is 17.2 Å². The molecule has 2 rings (SSSR count). The summed E-state index contributed by atoms with van der Waals surface area (Å²) in [6, 6.07) is 6.07. The highest BCUT2D eigenvalue weighted by Gasteiger charge is 2.16. The molecule has 0 aliphatic rings. The number of carbonyl (C=O) groups excluding carboxylic acids is 1. The van der Waals surface area contributed by atoms with Crippen molar-refractivity contribution in [2.75, 3.05) is 0 Å². The monoisotopic (exact) mass is 324 g/mol. The average molecular weight is 324 g/mol. The number of hydrogen-bond donors (Lipinski definition) is 1. The molecule has 0 spiro atoms. The third-order valence-corrected chi connectivity index (χ3v) is 5.23. The molecule has 1 N–H and O–H groups in total. The predicted octanol–water partition coefficient (Wildman–Crippen LogP) is 2.52. The number of aromatic nitrogens is 1. The van der Waals surface area contributed by atoms with Gasteiger partial charge in [0.05, 0.1) is 11.4 Å². The van der Waals surface area contributed by atoms with Crippen LogP contribution in [0.3, 0.4) is 0 Å². The minimum absolute atomic E-state index is 0.0809. The molecule has 21 heavy (non-hydrogen) atoms. The van der Waals surface area contributed by atoms with Crippen LogP contribution in [-0.4, -0.2) is 19.2 Å². The fourth-order valence-electron chi connectivity index (χ4n) is 1.76. The normalized spacial score (nSPS) is 11.5. The van der Waals surface area contributed by atoms with Crippen molar-refractivity contribution in [3.05, 3.63) is 45.9 Å². The van der Waals surface area contributed by atoms with Gasteiger partial charge in [0.25, 0.3) is 0 Å². The molecule has 112 valence electrons. The topological polar surface area (TPSA) is 76.1 Å². The molecule has 0 aliphatic heterocycles. The molecule has 1 aromatic carbocycles. The Bertz CT molecular complexity index is 751. The Morgan fingerprint density at radius 1 is 1.38 bits per heavy atom. The smallest absolute Gasteiger partial charge is 0.240 e. The first-order chi connectivity index (χ1) is 9.92. The van der Waals surface area contributed by atoms with Crippen molar-refractivity contribution in [3.8, 4) is 0 Å². The number of rotatable bonds is 6. The predicted molar refractivity (Wildman–Crippen MR) is 81.9 cm³/mol. The van der Waals surface area contributed by atoms with Gasteiger partial charge in [0.1, 0.15) is 5.01 Å². The number of nitrogens with one attached hydrogen (secondary N) is 1. The third kappa shape index (κ3) is 3.96. The van der Waals surface area contributed by atoms with Crippen LogP contribution in [0, 0.1) is 6.92 Å². The Morgan fingerprint density at radius 3 is 2.76 bits per heavy atom. The lowest BCUT2D eigenvalue weighted by Crippen LogP contribution is -2.23. The molecule has 0 atom stereocenters. The van der Waals surface area contributed by atoms with Crippen LogP contribution in [0.2, 0.25) is 0 Å². The molecule has 0 aliphatic carbocycles. The Morgan fingerprint density at radius 2 is 2.14 bits per heavy atom. The molecule has 1 aromatic heterocycles. The molecule has 0 saturated heterocycles. The lowest BCUT2D eigenvalue weighted by molar-refractivity contribution is 0.0988. The highest BCUT2D eigenvalue weighted by atomic mass is 32.2. The van der Waals surface area contributed by atoms with Gasteiger partial charge >= 0.3 is 0 Å². The molecule has 1 heterocycles. The van der Waals surface area contributed by atoms with Gasteiger partial charge in [0.15, 0.2) is 5.78 Å². The van der Waals surface area contributed by atoms with E-state index in [0.29, 0.717) is 17.0 Å². The number of aryl methyl sites for hydroxylation is 1. The van der Waals surface area contributed by atoms with Crippen molar-refractivity contribution in [3.63, 3.8) is 0 Å². The molecule has 0 bridgehead atoms. The number of Topliss-reactive ketones (excluding diaryl/α,β-unsaturated/α-hetero) is 1. The zero-order valence-corrected chi connectivity index (χ0v) is 13.4. The summed E-state index contributed by atoms with van der Waals surface area (Å²) in [5.41, 5.74) is 1.27. The molecule has 0 fully saturated rings. The van der Waals surface area contributed by atoms with E-state index in [1.165, 1.54) is 23.5 Å².